The van der Waals surface area contributed by atoms with E-state index in [4.69, 9.17) is 0 Å². The Kier molecular flexibility index (Phi) is 5.69. The Labute approximate surface area is 228 Å². The van der Waals surface area contributed by atoms with Crippen molar-refractivity contribution >= 4 is 54.9 Å². The van der Waals surface area contributed by atoms with E-state index in [1.807, 2.05) is 35.2 Å². The molecule has 7 rings (SSSR count). The maximum absolute atomic E-state index is 3.87. The average molecular weight is 495 g/mol. The van der Waals surface area contributed by atoms with Gasteiger partial charge in [-0.05, 0) is 32.3 Å². The molecule has 0 saturated heterocycles. The van der Waals surface area contributed by atoms with Crippen molar-refractivity contribution in [3.8, 4) is 11.9 Å². The number of pyridine rings is 1. The van der Waals surface area contributed by atoms with Gasteiger partial charge in [-0.2, -0.15) is 16.4 Å². The van der Waals surface area contributed by atoms with Gasteiger partial charge in [-0.3, -0.25) is 0 Å². The van der Waals surface area contributed by atoms with Crippen LogP contribution in [0.2, 0.25) is 0 Å². The van der Waals surface area contributed by atoms with E-state index in [1.165, 1.54) is 48.7 Å². The van der Waals surface area contributed by atoms with Gasteiger partial charge >= 0.3 is 0 Å². The number of hydrogen-bond acceptors (Lipinski definition) is 0. The molecule has 0 aliphatic rings. The fourth-order valence-electron chi connectivity index (χ4n) is 5.90. The van der Waals surface area contributed by atoms with Crippen molar-refractivity contribution in [3.63, 3.8) is 0 Å². The molecule has 0 fully saturated rings. The zero-order chi connectivity index (χ0) is 26.1. The smallest absolute Gasteiger partial charge is 0.185 e. The highest BCUT2D eigenvalue weighted by Gasteiger charge is 2.30. The molecule has 6 aromatic carbocycles. The standard InChI is InChI=1S/C37H26BN/c1-8-23-39(24-9-1)25-22-38(35-19-16-29-10-2-5-13-32(29)26-35,36-20-17-30-11-3-6-14-33(30)27-36)37-21-18-31-12-4-7-15-34(31)28-37/h1-21,23-24,26-28H. The van der Waals surface area contributed by atoms with Gasteiger partial charge in [0.05, 0.1) is 0 Å². The average Bonchev–Trinajstić information content (AvgIpc) is 3.01. The predicted molar refractivity (Wildman–Crippen MR) is 166 cm³/mol. The Balaban J connectivity index is 1.60. The Hall–Kier alpha value is -5.13. The molecule has 0 aliphatic carbocycles. The number of hydrogen-bond donors (Lipinski definition) is 0. The lowest BCUT2D eigenvalue weighted by molar-refractivity contribution is -0.583. The summed E-state index contributed by atoms with van der Waals surface area (Å²) in [5.74, 6) is 3.87. The van der Waals surface area contributed by atoms with Gasteiger partial charge in [0.25, 0.3) is 0 Å². The van der Waals surface area contributed by atoms with Gasteiger partial charge in [-0.15, -0.1) is 4.57 Å². The molecule has 1 aromatic heterocycles. The third kappa shape index (κ3) is 4.15. The molecule has 0 bridgehead atoms. The Morgan fingerprint density at radius 1 is 0.385 bits per heavy atom. The van der Waals surface area contributed by atoms with E-state index in [9.17, 15) is 0 Å². The van der Waals surface area contributed by atoms with Crippen LogP contribution in [0.4, 0.5) is 0 Å². The molecule has 2 heteroatoms. The molecule has 0 saturated carbocycles. The summed E-state index contributed by atoms with van der Waals surface area (Å²) in [6, 6.07) is 55.8. The summed E-state index contributed by atoms with van der Waals surface area (Å²) >= 11 is 0. The minimum absolute atomic E-state index is 1.21. The molecule has 182 valence electrons. The van der Waals surface area contributed by atoms with Crippen LogP contribution in [0.15, 0.2) is 158 Å². The van der Waals surface area contributed by atoms with Crippen molar-refractivity contribution in [2.24, 2.45) is 0 Å². The Morgan fingerprint density at radius 3 is 1.18 bits per heavy atom. The molecular weight excluding hydrogens is 469 g/mol. The lowest BCUT2D eigenvalue weighted by atomic mass is 9.16. The molecule has 0 N–H and O–H groups in total. The Bertz CT molecular complexity index is 1840. The van der Waals surface area contributed by atoms with Gasteiger partial charge in [0.2, 0.25) is 0 Å². The molecule has 0 amide bonds. The predicted octanol–water partition coefficient (Wildman–Crippen LogP) is 5.95. The molecule has 1 nitrogen and oxygen atoms in total. The third-order valence-electron chi connectivity index (χ3n) is 7.95. The molecule has 0 radical (unpaired) electrons. The van der Waals surface area contributed by atoms with Gasteiger partial charge in [-0.1, -0.05) is 133 Å². The van der Waals surface area contributed by atoms with Crippen LogP contribution in [0.3, 0.4) is 0 Å². The highest BCUT2D eigenvalue weighted by atomic mass is 14.9. The number of nitrogens with zero attached hydrogens (tertiary/aromatic N) is 1. The van der Waals surface area contributed by atoms with Crippen molar-refractivity contribution in [2.75, 3.05) is 0 Å². The van der Waals surface area contributed by atoms with Crippen molar-refractivity contribution in [2.45, 2.75) is 0 Å². The van der Waals surface area contributed by atoms with Crippen LogP contribution in [0.5, 0.6) is 0 Å². The van der Waals surface area contributed by atoms with Crippen molar-refractivity contribution < 1.29 is 4.57 Å². The second-order valence-corrected chi connectivity index (χ2v) is 10.2. The van der Waals surface area contributed by atoms with E-state index in [0.29, 0.717) is 0 Å². The minimum atomic E-state index is -1.67. The topological polar surface area (TPSA) is 3.88 Å². The van der Waals surface area contributed by atoms with Gasteiger partial charge < -0.3 is 0 Å². The second-order valence-electron chi connectivity index (χ2n) is 10.2. The maximum Gasteiger partial charge on any atom is 0.185 e. The SMILES string of the molecule is C(#C[B-](c1ccc2ccccc2c1)(c1ccc2ccccc2c1)c1ccc2ccccc2c1)[n+]1ccccc1. The molecule has 7 aromatic rings. The van der Waals surface area contributed by atoms with Crippen LogP contribution in [-0.4, -0.2) is 6.15 Å². The van der Waals surface area contributed by atoms with Crippen LogP contribution in [0.1, 0.15) is 0 Å². The summed E-state index contributed by atoms with van der Waals surface area (Å²) in [6.07, 6.45) is 2.35. The molecule has 0 spiro atoms. The molecule has 0 aliphatic heterocycles. The van der Waals surface area contributed by atoms with Crippen LogP contribution in [-0.2, 0) is 0 Å². The highest BCUT2D eigenvalue weighted by Crippen LogP contribution is 2.20. The van der Waals surface area contributed by atoms with E-state index in [0.717, 1.165) is 0 Å². The fraction of sp³-hybridized carbons (Fsp3) is 0. The molecular formula is C37H26BN. The largest absolute Gasteiger partial charge is 0.223 e. The first-order valence-corrected chi connectivity index (χ1v) is 13.4. The van der Waals surface area contributed by atoms with E-state index in [2.05, 4.69) is 139 Å². The number of rotatable bonds is 3. The lowest BCUT2D eigenvalue weighted by Crippen LogP contribution is -2.66. The molecule has 0 unspecified atom stereocenters. The quantitative estimate of drug-likeness (QED) is 0.162. The van der Waals surface area contributed by atoms with Crippen molar-refractivity contribution in [3.05, 3.63) is 158 Å². The summed E-state index contributed by atoms with van der Waals surface area (Å²) in [4.78, 5) is 0. The van der Waals surface area contributed by atoms with Crippen molar-refractivity contribution in [1.29, 1.82) is 0 Å². The number of fused-ring (bicyclic) bond motifs is 3. The van der Waals surface area contributed by atoms with Gasteiger partial charge in [-0.25, -0.2) is 5.82 Å². The summed E-state index contributed by atoms with van der Waals surface area (Å²) in [5, 5.41) is 7.35. The highest BCUT2D eigenvalue weighted by molar-refractivity contribution is 7.17. The minimum Gasteiger partial charge on any atom is -0.223 e. The van der Waals surface area contributed by atoms with Gasteiger partial charge in [0, 0.05) is 12.1 Å². The zero-order valence-electron chi connectivity index (χ0n) is 21.5. The number of aromatic nitrogens is 1. The van der Waals surface area contributed by atoms with Crippen LogP contribution in [0, 0.1) is 11.9 Å². The van der Waals surface area contributed by atoms with Crippen LogP contribution < -0.4 is 21.0 Å². The Morgan fingerprint density at radius 2 is 0.769 bits per heavy atom. The van der Waals surface area contributed by atoms with Crippen molar-refractivity contribution in [1.82, 2.24) is 0 Å². The summed E-state index contributed by atoms with van der Waals surface area (Å²) in [7, 11) is 0. The van der Waals surface area contributed by atoms with Crippen LogP contribution in [0.25, 0.3) is 32.3 Å². The summed E-state index contributed by atoms with van der Waals surface area (Å²) in [5.41, 5.74) is 3.63. The molecule has 1 heterocycles. The van der Waals surface area contributed by atoms with E-state index in [-0.39, 0.29) is 0 Å². The summed E-state index contributed by atoms with van der Waals surface area (Å²) < 4.78 is 1.96. The zero-order valence-corrected chi connectivity index (χ0v) is 21.5. The second kappa shape index (κ2) is 9.64. The first-order chi connectivity index (χ1) is 19.3. The lowest BCUT2D eigenvalue weighted by Gasteiger charge is -2.38. The van der Waals surface area contributed by atoms with E-state index < -0.39 is 6.15 Å². The monoisotopic (exact) mass is 495 g/mol. The van der Waals surface area contributed by atoms with E-state index >= 15 is 0 Å². The molecule has 39 heavy (non-hydrogen) atoms. The fourth-order valence-corrected chi connectivity index (χ4v) is 5.90. The molecule has 0 atom stereocenters. The van der Waals surface area contributed by atoms with E-state index in [1.54, 1.807) is 0 Å². The van der Waals surface area contributed by atoms with Gasteiger partial charge in [0.15, 0.2) is 24.6 Å². The maximum atomic E-state index is 3.87. The first-order valence-electron chi connectivity index (χ1n) is 13.4. The normalized spacial score (nSPS) is 11.4. The number of benzene rings is 6. The first kappa shape index (κ1) is 23.0. The van der Waals surface area contributed by atoms with Crippen LogP contribution >= 0.6 is 0 Å². The summed E-state index contributed by atoms with van der Waals surface area (Å²) in [6.45, 7) is 0. The third-order valence-corrected chi connectivity index (χ3v) is 7.95. The van der Waals surface area contributed by atoms with Gasteiger partial charge in [0.1, 0.15) is 0 Å².